The molecule has 0 atom stereocenters. The summed E-state index contributed by atoms with van der Waals surface area (Å²) in [5.41, 5.74) is 3.14. The minimum Gasteiger partial charge on any atom is -0.325 e. The molecule has 30 heavy (non-hydrogen) atoms. The number of anilines is 2. The lowest BCUT2D eigenvalue weighted by Gasteiger charge is -2.14. The lowest BCUT2D eigenvalue weighted by molar-refractivity contribution is -0.115. The molecule has 0 aliphatic rings. The zero-order chi connectivity index (χ0) is 21.6. The fourth-order valence-electron chi connectivity index (χ4n) is 2.96. The van der Waals surface area contributed by atoms with E-state index in [1.165, 1.54) is 12.1 Å². The zero-order valence-electron chi connectivity index (χ0n) is 16.4. The molecule has 0 saturated heterocycles. The Morgan fingerprint density at radius 3 is 2.33 bits per heavy atom. The number of hydrogen-bond donors (Lipinski definition) is 2. The van der Waals surface area contributed by atoms with Crippen LogP contribution in [0.15, 0.2) is 77.7 Å². The molecule has 0 aromatic heterocycles. The predicted octanol–water partition coefficient (Wildman–Crippen LogP) is 4.10. The van der Waals surface area contributed by atoms with Gasteiger partial charge in [0, 0.05) is 5.69 Å². The molecule has 7 heteroatoms. The van der Waals surface area contributed by atoms with Gasteiger partial charge in [-0.15, -0.1) is 0 Å². The fourth-order valence-corrected chi connectivity index (χ4v) is 4.03. The Hall–Kier alpha value is -3.63. The van der Waals surface area contributed by atoms with Gasteiger partial charge in [-0.05, 0) is 53.9 Å². The Morgan fingerprint density at radius 1 is 1.00 bits per heavy atom. The van der Waals surface area contributed by atoms with Crippen LogP contribution in [0.2, 0.25) is 0 Å². The van der Waals surface area contributed by atoms with Gasteiger partial charge in [0.1, 0.15) is 0 Å². The van der Waals surface area contributed by atoms with E-state index < -0.39 is 10.0 Å². The maximum Gasteiger partial charge on any atom is 0.261 e. The van der Waals surface area contributed by atoms with E-state index in [9.17, 15) is 13.2 Å². The second-order valence-corrected chi connectivity index (χ2v) is 8.36. The van der Waals surface area contributed by atoms with Crippen LogP contribution in [-0.4, -0.2) is 14.3 Å². The summed E-state index contributed by atoms with van der Waals surface area (Å²) in [6.45, 7) is 1.96. The van der Waals surface area contributed by atoms with E-state index in [2.05, 4.69) is 10.0 Å². The average molecular weight is 420 g/mol. The summed E-state index contributed by atoms with van der Waals surface area (Å²) in [6, 6.07) is 22.0. The number of benzene rings is 3. The average Bonchev–Trinajstić information content (AvgIpc) is 2.75. The lowest BCUT2D eigenvalue weighted by Crippen LogP contribution is -2.17. The molecule has 3 aromatic carbocycles. The van der Waals surface area contributed by atoms with Crippen molar-refractivity contribution in [2.45, 2.75) is 24.7 Å². The summed E-state index contributed by atoms with van der Waals surface area (Å²) in [7, 11) is -3.72. The van der Waals surface area contributed by atoms with Gasteiger partial charge in [-0.2, -0.15) is 5.26 Å². The normalized spacial score (nSPS) is 10.8. The van der Waals surface area contributed by atoms with Crippen LogP contribution in [0.3, 0.4) is 0 Å². The highest BCUT2D eigenvalue weighted by atomic mass is 32.2. The molecule has 3 rings (SSSR count). The molecule has 2 N–H and O–H groups in total. The van der Waals surface area contributed by atoms with Crippen LogP contribution >= 0.6 is 0 Å². The number of sulfonamides is 1. The Bertz CT molecular complexity index is 1180. The summed E-state index contributed by atoms with van der Waals surface area (Å²) >= 11 is 0. The molecule has 0 unspecified atom stereocenters. The van der Waals surface area contributed by atoms with Crippen LogP contribution < -0.4 is 10.0 Å². The van der Waals surface area contributed by atoms with Crippen molar-refractivity contribution in [3.05, 3.63) is 89.5 Å². The molecule has 152 valence electrons. The number of carbonyl (C=O) groups excluding carboxylic acids is 1. The number of hydrogen-bond acceptors (Lipinski definition) is 4. The zero-order valence-corrected chi connectivity index (χ0v) is 17.2. The maximum atomic E-state index is 12.6. The molecule has 0 spiro atoms. The third-order valence-corrected chi connectivity index (χ3v) is 5.92. The van der Waals surface area contributed by atoms with Gasteiger partial charge < -0.3 is 5.32 Å². The van der Waals surface area contributed by atoms with Crippen molar-refractivity contribution < 1.29 is 13.2 Å². The van der Waals surface area contributed by atoms with Crippen LogP contribution in [0.1, 0.15) is 23.6 Å². The molecule has 3 aromatic rings. The van der Waals surface area contributed by atoms with Gasteiger partial charge in [0.2, 0.25) is 5.91 Å². The summed E-state index contributed by atoms with van der Waals surface area (Å²) in [4.78, 5) is 12.7. The number of carbonyl (C=O) groups is 1. The monoisotopic (exact) mass is 419 g/mol. The van der Waals surface area contributed by atoms with E-state index in [0.29, 0.717) is 23.4 Å². The van der Waals surface area contributed by atoms with Gasteiger partial charge in [-0.1, -0.05) is 43.3 Å². The van der Waals surface area contributed by atoms with Gasteiger partial charge in [0.05, 0.1) is 28.6 Å². The van der Waals surface area contributed by atoms with E-state index in [1.807, 2.05) is 13.0 Å². The summed E-state index contributed by atoms with van der Waals surface area (Å²) in [5.74, 6) is -0.225. The van der Waals surface area contributed by atoms with Crippen molar-refractivity contribution in [3.8, 4) is 6.07 Å². The minimum atomic E-state index is -3.72. The van der Waals surface area contributed by atoms with Gasteiger partial charge in [-0.25, -0.2) is 8.42 Å². The first-order valence-corrected chi connectivity index (χ1v) is 10.9. The number of nitrogens with one attached hydrogen (secondary N) is 2. The standard InChI is InChI=1S/C23H21N3O3S/c1-2-19-12-13-20(26-30(28,29)21-6-4-3-5-7-21)15-22(19)25-23(27)14-17-8-10-18(16-24)11-9-17/h3-13,15,26H,2,14H2,1H3,(H,25,27). The Kier molecular flexibility index (Phi) is 6.50. The predicted molar refractivity (Wildman–Crippen MR) is 117 cm³/mol. The molecular formula is C23H21N3O3S. The summed E-state index contributed by atoms with van der Waals surface area (Å²) < 4.78 is 27.7. The number of rotatable bonds is 7. The van der Waals surface area contributed by atoms with Crippen LogP contribution in [0, 0.1) is 11.3 Å². The molecule has 1 amide bonds. The van der Waals surface area contributed by atoms with Crippen LogP contribution in [0.4, 0.5) is 11.4 Å². The van der Waals surface area contributed by atoms with Crippen LogP contribution in [0.5, 0.6) is 0 Å². The topological polar surface area (TPSA) is 99.1 Å². The first-order valence-electron chi connectivity index (χ1n) is 9.41. The third-order valence-electron chi connectivity index (χ3n) is 4.52. The lowest BCUT2D eigenvalue weighted by atomic mass is 10.1. The van der Waals surface area contributed by atoms with Crippen molar-refractivity contribution >= 4 is 27.3 Å². The van der Waals surface area contributed by atoms with Crippen LogP contribution in [0.25, 0.3) is 0 Å². The Balaban J connectivity index is 1.77. The number of aryl methyl sites for hydroxylation is 1. The van der Waals surface area contributed by atoms with E-state index in [-0.39, 0.29) is 17.2 Å². The minimum absolute atomic E-state index is 0.148. The van der Waals surface area contributed by atoms with Crippen LogP contribution in [-0.2, 0) is 27.7 Å². The number of nitriles is 1. The molecule has 0 heterocycles. The molecule has 0 bridgehead atoms. The van der Waals surface area contributed by atoms with Gasteiger partial charge in [0.25, 0.3) is 10.0 Å². The molecule has 0 aliphatic heterocycles. The second kappa shape index (κ2) is 9.25. The SMILES string of the molecule is CCc1ccc(NS(=O)(=O)c2ccccc2)cc1NC(=O)Cc1ccc(C#N)cc1. The molecule has 0 aliphatic carbocycles. The second-order valence-electron chi connectivity index (χ2n) is 6.68. The highest BCUT2D eigenvalue weighted by Crippen LogP contribution is 2.24. The van der Waals surface area contributed by atoms with E-state index in [4.69, 9.17) is 5.26 Å². The molecule has 6 nitrogen and oxygen atoms in total. The largest absolute Gasteiger partial charge is 0.325 e. The third kappa shape index (κ3) is 5.25. The first-order chi connectivity index (χ1) is 14.4. The van der Waals surface area contributed by atoms with Crippen molar-refractivity contribution in [2.75, 3.05) is 10.0 Å². The van der Waals surface area contributed by atoms with Gasteiger partial charge >= 0.3 is 0 Å². The maximum absolute atomic E-state index is 12.6. The van der Waals surface area contributed by atoms with E-state index in [1.54, 1.807) is 60.7 Å². The van der Waals surface area contributed by atoms with E-state index >= 15 is 0 Å². The molecule has 0 fully saturated rings. The fraction of sp³-hybridized carbons (Fsp3) is 0.130. The van der Waals surface area contributed by atoms with Crippen molar-refractivity contribution in [1.29, 1.82) is 5.26 Å². The Morgan fingerprint density at radius 2 is 1.70 bits per heavy atom. The quantitative estimate of drug-likeness (QED) is 0.602. The molecular weight excluding hydrogens is 398 g/mol. The van der Waals surface area contributed by atoms with E-state index in [0.717, 1.165) is 11.1 Å². The molecule has 0 saturated carbocycles. The summed E-state index contributed by atoms with van der Waals surface area (Å²) in [5, 5.41) is 11.7. The van der Waals surface area contributed by atoms with Crippen molar-refractivity contribution in [2.24, 2.45) is 0 Å². The first kappa shape index (κ1) is 21.1. The number of amides is 1. The van der Waals surface area contributed by atoms with Gasteiger partial charge in [-0.3, -0.25) is 9.52 Å². The highest BCUT2D eigenvalue weighted by Gasteiger charge is 2.15. The van der Waals surface area contributed by atoms with Crippen molar-refractivity contribution in [3.63, 3.8) is 0 Å². The van der Waals surface area contributed by atoms with Gasteiger partial charge in [0.15, 0.2) is 0 Å². The van der Waals surface area contributed by atoms with Crippen molar-refractivity contribution in [1.82, 2.24) is 0 Å². The Labute approximate surface area is 176 Å². The smallest absolute Gasteiger partial charge is 0.261 e. The highest BCUT2D eigenvalue weighted by molar-refractivity contribution is 7.92. The molecule has 0 radical (unpaired) electrons. The summed E-state index contributed by atoms with van der Waals surface area (Å²) in [6.07, 6.45) is 0.826. The number of nitrogens with zero attached hydrogens (tertiary/aromatic N) is 1.